The molecule has 0 bridgehead atoms. The van der Waals surface area contributed by atoms with Gasteiger partial charge in [-0.05, 0) is 49.3 Å². The maximum Gasteiger partial charge on any atom is 0.245 e. The lowest BCUT2D eigenvalue weighted by atomic mass is 9.73. The van der Waals surface area contributed by atoms with E-state index in [-0.39, 0.29) is 17.7 Å². The highest BCUT2D eigenvalue weighted by Crippen LogP contribution is 2.37. The van der Waals surface area contributed by atoms with Crippen molar-refractivity contribution in [1.29, 1.82) is 0 Å². The molecule has 0 aromatic heterocycles. The molecule has 2 aromatic carbocycles. The summed E-state index contributed by atoms with van der Waals surface area (Å²) in [6.07, 6.45) is 2.99. The number of amides is 3. The molecule has 0 aliphatic carbocycles. The van der Waals surface area contributed by atoms with E-state index in [1.54, 1.807) is 23.9 Å². The summed E-state index contributed by atoms with van der Waals surface area (Å²) in [6.45, 7) is 3.08. The van der Waals surface area contributed by atoms with E-state index in [1.807, 2.05) is 6.07 Å². The van der Waals surface area contributed by atoms with E-state index in [4.69, 9.17) is 0 Å². The van der Waals surface area contributed by atoms with Gasteiger partial charge in [-0.15, -0.1) is 0 Å². The Bertz CT molecular complexity index is 1060. The molecule has 6 heteroatoms. The van der Waals surface area contributed by atoms with E-state index in [0.29, 0.717) is 32.4 Å². The number of nitrogens with one attached hydrogen (secondary N) is 1. The lowest BCUT2D eigenvalue weighted by Crippen LogP contribution is -2.56. The van der Waals surface area contributed by atoms with Crippen molar-refractivity contribution in [2.24, 2.45) is 5.41 Å². The number of hydrogen-bond acceptors (Lipinski definition) is 3. The third kappa shape index (κ3) is 4.95. The van der Waals surface area contributed by atoms with Crippen molar-refractivity contribution in [3.05, 3.63) is 59.7 Å². The number of rotatable bonds is 5. The van der Waals surface area contributed by atoms with Crippen molar-refractivity contribution in [1.82, 2.24) is 15.1 Å². The van der Waals surface area contributed by atoms with Gasteiger partial charge < -0.3 is 15.1 Å². The Kier molecular flexibility index (Phi) is 6.54. The molecule has 174 valence electrons. The van der Waals surface area contributed by atoms with Gasteiger partial charge in [0.25, 0.3) is 0 Å². The first kappa shape index (κ1) is 23.0. The Morgan fingerprint density at radius 3 is 2.52 bits per heavy atom. The van der Waals surface area contributed by atoms with Crippen LogP contribution in [0.4, 0.5) is 0 Å². The third-order valence-corrected chi connectivity index (χ3v) is 6.86. The molecule has 2 aliphatic rings. The van der Waals surface area contributed by atoms with Crippen LogP contribution in [-0.4, -0.2) is 60.7 Å². The van der Waals surface area contributed by atoms with Crippen LogP contribution in [-0.2, 0) is 20.8 Å². The molecule has 2 aromatic rings. The van der Waals surface area contributed by atoms with Crippen molar-refractivity contribution in [2.75, 3.05) is 27.2 Å². The van der Waals surface area contributed by atoms with Gasteiger partial charge in [-0.2, -0.15) is 0 Å². The van der Waals surface area contributed by atoms with E-state index in [0.717, 1.165) is 29.5 Å². The van der Waals surface area contributed by atoms with Crippen LogP contribution in [0.15, 0.2) is 48.5 Å². The van der Waals surface area contributed by atoms with Crippen LogP contribution in [0.1, 0.15) is 36.8 Å². The van der Waals surface area contributed by atoms with Gasteiger partial charge in [-0.3, -0.25) is 14.4 Å². The predicted octanol–water partition coefficient (Wildman–Crippen LogP) is 3.18. The van der Waals surface area contributed by atoms with Gasteiger partial charge >= 0.3 is 0 Å². The molecule has 0 spiro atoms. The maximum absolute atomic E-state index is 13.5. The zero-order valence-electron chi connectivity index (χ0n) is 19.8. The number of aryl methyl sites for hydroxylation is 1. The maximum atomic E-state index is 13.5. The fourth-order valence-corrected chi connectivity index (χ4v) is 5.28. The fourth-order valence-electron chi connectivity index (χ4n) is 5.28. The summed E-state index contributed by atoms with van der Waals surface area (Å²) in [5.41, 5.74) is 3.90. The second-order valence-electron chi connectivity index (χ2n) is 9.75. The fraction of sp³-hybridized carbons (Fsp3) is 0.444. The Morgan fingerprint density at radius 1 is 1.12 bits per heavy atom. The largest absolute Gasteiger partial charge is 0.348 e. The van der Waals surface area contributed by atoms with Crippen LogP contribution in [0.25, 0.3) is 11.1 Å². The second kappa shape index (κ2) is 9.38. The molecule has 3 amide bonds. The molecule has 0 radical (unpaired) electrons. The smallest absolute Gasteiger partial charge is 0.245 e. The molecule has 6 nitrogen and oxygen atoms in total. The summed E-state index contributed by atoms with van der Waals surface area (Å²) >= 11 is 0. The van der Waals surface area contributed by atoms with Crippen LogP contribution >= 0.6 is 0 Å². The molecule has 0 unspecified atom stereocenters. The van der Waals surface area contributed by atoms with Gasteiger partial charge in [0, 0.05) is 33.6 Å². The summed E-state index contributed by atoms with van der Waals surface area (Å²) in [6, 6.07) is 16.3. The zero-order valence-corrected chi connectivity index (χ0v) is 19.8. The molecule has 0 saturated carbocycles. The first-order chi connectivity index (χ1) is 15.8. The molecule has 1 N–H and O–H groups in total. The average Bonchev–Trinajstić information content (AvgIpc) is 3.24. The van der Waals surface area contributed by atoms with Crippen LogP contribution in [0, 0.1) is 12.3 Å². The van der Waals surface area contributed by atoms with Gasteiger partial charge in [0.05, 0.1) is 5.41 Å². The van der Waals surface area contributed by atoms with Gasteiger partial charge in [-0.25, -0.2) is 0 Å². The minimum absolute atomic E-state index is 0.0522. The molecule has 2 aliphatic heterocycles. The van der Waals surface area contributed by atoms with Crippen LogP contribution in [0.2, 0.25) is 0 Å². The highest BCUT2D eigenvalue weighted by atomic mass is 16.2. The SMILES string of the molecule is Cc1cccc(-c2cccc(C[C@]3(C(=O)N(C)C)CCCN(C(=O)[C@H]4CCC(=O)N4)C3)c2)c1. The third-order valence-electron chi connectivity index (χ3n) is 6.86. The van der Waals surface area contributed by atoms with Crippen LogP contribution < -0.4 is 5.32 Å². The first-order valence-electron chi connectivity index (χ1n) is 11.7. The minimum Gasteiger partial charge on any atom is -0.348 e. The topological polar surface area (TPSA) is 69.7 Å². The van der Waals surface area contributed by atoms with Crippen molar-refractivity contribution in [3.63, 3.8) is 0 Å². The monoisotopic (exact) mass is 447 g/mol. The van der Waals surface area contributed by atoms with Crippen molar-refractivity contribution >= 4 is 17.7 Å². The number of piperidine rings is 1. The highest BCUT2D eigenvalue weighted by Gasteiger charge is 2.45. The van der Waals surface area contributed by atoms with E-state index >= 15 is 0 Å². The molecule has 2 fully saturated rings. The Morgan fingerprint density at radius 2 is 1.85 bits per heavy atom. The van der Waals surface area contributed by atoms with Crippen LogP contribution in [0.5, 0.6) is 0 Å². The number of nitrogens with zero attached hydrogens (tertiary/aromatic N) is 2. The molecule has 2 heterocycles. The summed E-state index contributed by atoms with van der Waals surface area (Å²) in [5.74, 6) is -0.0876. The zero-order chi connectivity index (χ0) is 23.6. The van der Waals surface area contributed by atoms with E-state index in [2.05, 4.69) is 54.7 Å². The molecule has 2 atom stereocenters. The molecule has 2 saturated heterocycles. The molecule has 33 heavy (non-hydrogen) atoms. The number of likely N-dealkylation sites (tertiary alicyclic amines) is 1. The Balaban J connectivity index is 1.61. The second-order valence-corrected chi connectivity index (χ2v) is 9.75. The first-order valence-corrected chi connectivity index (χ1v) is 11.7. The summed E-state index contributed by atoms with van der Waals surface area (Å²) in [4.78, 5) is 41.7. The molecule has 4 rings (SSSR count). The lowest BCUT2D eigenvalue weighted by Gasteiger charge is -2.43. The average molecular weight is 448 g/mol. The van der Waals surface area contributed by atoms with Crippen molar-refractivity contribution < 1.29 is 14.4 Å². The molecular formula is C27H33N3O3. The summed E-state index contributed by atoms with van der Waals surface area (Å²) in [7, 11) is 3.57. The van der Waals surface area contributed by atoms with Gasteiger partial charge in [0.1, 0.15) is 6.04 Å². The standard InChI is InChI=1S/C27H33N3O3/c1-19-7-4-9-21(15-19)22-10-5-8-20(16-22)17-27(26(33)29(2)3)13-6-14-30(18-27)25(32)23-11-12-24(31)28-23/h4-5,7-10,15-16,23H,6,11-14,17-18H2,1-3H3,(H,28,31)/t23-,27-/m1/s1. The van der Waals surface area contributed by atoms with E-state index in [9.17, 15) is 14.4 Å². The highest BCUT2D eigenvalue weighted by molar-refractivity contribution is 5.91. The number of carbonyl (C=O) groups excluding carboxylic acids is 3. The molecular weight excluding hydrogens is 414 g/mol. The van der Waals surface area contributed by atoms with Gasteiger partial charge in [0.15, 0.2) is 0 Å². The summed E-state index contributed by atoms with van der Waals surface area (Å²) < 4.78 is 0. The van der Waals surface area contributed by atoms with Gasteiger partial charge in [0.2, 0.25) is 17.7 Å². The Labute approximate surface area is 196 Å². The quantitative estimate of drug-likeness (QED) is 0.765. The number of benzene rings is 2. The lowest BCUT2D eigenvalue weighted by molar-refractivity contribution is -0.148. The van der Waals surface area contributed by atoms with E-state index in [1.165, 1.54) is 5.56 Å². The van der Waals surface area contributed by atoms with E-state index < -0.39 is 11.5 Å². The number of hydrogen-bond donors (Lipinski definition) is 1. The normalized spacial score (nSPS) is 22.7. The van der Waals surface area contributed by atoms with Crippen molar-refractivity contribution in [3.8, 4) is 11.1 Å². The van der Waals surface area contributed by atoms with Crippen molar-refractivity contribution in [2.45, 2.75) is 45.1 Å². The van der Waals surface area contributed by atoms with Crippen LogP contribution in [0.3, 0.4) is 0 Å². The predicted molar refractivity (Wildman–Crippen MR) is 128 cm³/mol. The minimum atomic E-state index is -0.675. The van der Waals surface area contributed by atoms with Gasteiger partial charge in [-0.1, -0.05) is 54.1 Å². The number of carbonyl (C=O) groups is 3. The summed E-state index contributed by atoms with van der Waals surface area (Å²) in [5, 5.41) is 2.78. The Hall–Kier alpha value is -3.15.